The van der Waals surface area contributed by atoms with E-state index in [1.54, 1.807) is 4.90 Å². The van der Waals surface area contributed by atoms with E-state index in [-0.39, 0.29) is 6.09 Å². The summed E-state index contributed by atoms with van der Waals surface area (Å²) in [5.41, 5.74) is -0.524. The molecule has 0 aromatic rings. The lowest BCUT2D eigenvalue weighted by molar-refractivity contribution is -0.657. The van der Waals surface area contributed by atoms with Gasteiger partial charge in [-0.25, -0.2) is 4.79 Å². The molecule has 0 spiro atoms. The van der Waals surface area contributed by atoms with Crippen LogP contribution >= 0.6 is 0 Å². The van der Waals surface area contributed by atoms with E-state index in [1.165, 1.54) is 0 Å². The SMILES string of the molecule is CC(C)(C)OC(=O)N1CCOCCOCC[NH2+]CCOCCOCC1. The predicted molar refractivity (Wildman–Crippen MR) is 92.7 cm³/mol. The van der Waals surface area contributed by atoms with Gasteiger partial charge in [-0.2, -0.15) is 0 Å². The van der Waals surface area contributed by atoms with Crippen molar-refractivity contribution in [2.45, 2.75) is 26.4 Å². The van der Waals surface area contributed by atoms with Crippen LogP contribution in [0.2, 0.25) is 0 Å². The average molecular weight is 363 g/mol. The van der Waals surface area contributed by atoms with E-state index in [4.69, 9.17) is 23.7 Å². The number of hydrogen-bond acceptors (Lipinski definition) is 6. The summed E-state index contributed by atoms with van der Waals surface area (Å²) in [6.45, 7) is 12.7. The van der Waals surface area contributed by atoms with Crippen molar-refractivity contribution in [1.29, 1.82) is 0 Å². The van der Waals surface area contributed by atoms with E-state index >= 15 is 0 Å². The van der Waals surface area contributed by atoms with Crippen LogP contribution in [-0.2, 0) is 23.7 Å². The molecular formula is C17H35N2O6+. The lowest BCUT2D eigenvalue weighted by atomic mass is 10.2. The van der Waals surface area contributed by atoms with Crippen molar-refractivity contribution in [3.05, 3.63) is 0 Å². The number of rotatable bonds is 0. The molecule has 1 aliphatic heterocycles. The quantitative estimate of drug-likeness (QED) is 0.645. The predicted octanol–water partition coefficient (Wildman–Crippen LogP) is -0.133. The number of nitrogens with zero attached hydrogens (tertiary/aromatic N) is 1. The van der Waals surface area contributed by atoms with Gasteiger partial charge < -0.3 is 33.9 Å². The van der Waals surface area contributed by atoms with Crippen molar-refractivity contribution >= 4 is 6.09 Å². The van der Waals surface area contributed by atoms with E-state index in [2.05, 4.69) is 5.32 Å². The highest BCUT2D eigenvalue weighted by molar-refractivity contribution is 5.68. The van der Waals surface area contributed by atoms with Crippen LogP contribution in [0.4, 0.5) is 4.79 Å². The van der Waals surface area contributed by atoms with Gasteiger partial charge in [-0.15, -0.1) is 0 Å². The third-order valence-corrected chi connectivity index (χ3v) is 3.34. The molecule has 1 amide bonds. The summed E-state index contributed by atoms with van der Waals surface area (Å²) in [6, 6.07) is 0. The van der Waals surface area contributed by atoms with Gasteiger partial charge in [0.15, 0.2) is 0 Å². The van der Waals surface area contributed by atoms with Crippen LogP contribution in [0, 0.1) is 0 Å². The lowest BCUT2D eigenvalue weighted by Gasteiger charge is -2.27. The van der Waals surface area contributed by atoms with Crippen LogP contribution in [0.5, 0.6) is 0 Å². The monoisotopic (exact) mass is 363 g/mol. The van der Waals surface area contributed by atoms with Gasteiger partial charge in [-0.1, -0.05) is 0 Å². The van der Waals surface area contributed by atoms with Gasteiger partial charge in [0, 0.05) is 13.1 Å². The van der Waals surface area contributed by atoms with Crippen molar-refractivity contribution in [1.82, 2.24) is 4.90 Å². The molecule has 1 fully saturated rings. The maximum atomic E-state index is 12.3. The first kappa shape index (κ1) is 22.1. The number of nitrogens with two attached hydrogens (primary N) is 1. The van der Waals surface area contributed by atoms with Crippen LogP contribution in [0.15, 0.2) is 0 Å². The van der Waals surface area contributed by atoms with Crippen LogP contribution in [0.3, 0.4) is 0 Å². The molecule has 25 heavy (non-hydrogen) atoms. The molecule has 2 N–H and O–H groups in total. The molecule has 0 aromatic heterocycles. The molecule has 0 radical (unpaired) electrons. The first-order chi connectivity index (χ1) is 12.0. The zero-order valence-corrected chi connectivity index (χ0v) is 16.0. The highest BCUT2D eigenvalue weighted by Gasteiger charge is 2.21. The summed E-state index contributed by atoms with van der Waals surface area (Å²) in [5, 5.41) is 2.17. The highest BCUT2D eigenvalue weighted by atomic mass is 16.6. The molecule has 0 unspecified atom stereocenters. The highest BCUT2D eigenvalue weighted by Crippen LogP contribution is 2.09. The number of quaternary nitrogens is 1. The average Bonchev–Trinajstić information content (AvgIpc) is 2.53. The summed E-state index contributed by atoms with van der Waals surface area (Å²) >= 11 is 0. The smallest absolute Gasteiger partial charge is 0.410 e. The van der Waals surface area contributed by atoms with E-state index in [1.807, 2.05) is 20.8 Å². The third-order valence-electron chi connectivity index (χ3n) is 3.34. The number of hydrogen-bond donors (Lipinski definition) is 1. The topological polar surface area (TPSA) is 83.1 Å². The molecule has 8 heteroatoms. The minimum Gasteiger partial charge on any atom is -0.444 e. The second kappa shape index (κ2) is 13.3. The van der Waals surface area contributed by atoms with Crippen LogP contribution in [0.1, 0.15) is 20.8 Å². The zero-order chi connectivity index (χ0) is 18.4. The Hall–Kier alpha value is -0.930. The first-order valence-corrected chi connectivity index (χ1v) is 9.09. The molecule has 1 heterocycles. The Morgan fingerprint density at radius 2 is 1.24 bits per heavy atom. The molecule has 1 saturated heterocycles. The van der Waals surface area contributed by atoms with Crippen LogP contribution in [0.25, 0.3) is 0 Å². The summed E-state index contributed by atoms with van der Waals surface area (Å²) in [6.07, 6.45) is -0.350. The molecule has 1 rings (SSSR count). The van der Waals surface area contributed by atoms with Crippen LogP contribution in [-0.4, -0.2) is 95.6 Å². The summed E-state index contributed by atoms with van der Waals surface area (Å²) in [4.78, 5) is 13.9. The van der Waals surface area contributed by atoms with Gasteiger partial charge in [-0.05, 0) is 20.8 Å². The molecular weight excluding hydrogens is 328 g/mol. The van der Waals surface area contributed by atoms with Crippen molar-refractivity contribution in [2.24, 2.45) is 0 Å². The first-order valence-electron chi connectivity index (χ1n) is 9.09. The normalized spacial score (nSPS) is 21.2. The standard InChI is InChI=1S/C17H34N2O6/c1-17(2,3)25-16(20)19-6-10-23-14-12-21-8-4-18-5-9-22-13-15-24-11-7-19/h18H,4-15H2,1-3H3/p+1. The fourth-order valence-corrected chi connectivity index (χ4v) is 2.09. The molecule has 1 aliphatic rings. The maximum Gasteiger partial charge on any atom is 0.410 e. The van der Waals surface area contributed by atoms with E-state index in [9.17, 15) is 4.79 Å². The van der Waals surface area contributed by atoms with Crippen molar-refractivity contribution in [2.75, 3.05) is 79.0 Å². The number of carbonyl (C=O) groups is 1. The summed E-state index contributed by atoms with van der Waals surface area (Å²) < 4.78 is 27.5. The molecule has 0 atom stereocenters. The third kappa shape index (κ3) is 13.0. The summed E-state index contributed by atoms with van der Waals surface area (Å²) in [7, 11) is 0. The molecule has 0 saturated carbocycles. The zero-order valence-electron chi connectivity index (χ0n) is 16.0. The van der Waals surface area contributed by atoms with Crippen molar-refractivity contribution in [3.8, 4) is 0 Å². The largest absolute Gasteiger partial charge is 0.444 e. The number of carbonyl (C=O) groups excluding carboxylic acids is 1. The van der Waals surface area contributed by atoms with Crippen molar-refractivity contribution in [3.63, 3.8) is 0 Å². The van der Waals surface area contributed by atoms with Crippen molar-refractivity contribution < 1.29 is 33.8 Å². The Bertz CT molecular complexity index is 331. The fourth-order valence-electron chi connectivity index (χ4n) is 2.09. The van der Waals surface area contributed by atoms with E-state index in [0.717, 1.165) is 13.1 Å². The minimum absolute atomic E-state index is 0.350. The van der Waals surface area contributed by atoms with E-state index in [0.29, 0.717) is 65.9 Å². The van der Waals surface area contributed by atoms with Gasteiger partial charge in [0.1, 0.15) is 5.60 Å². The van der Waals surface area contributed by atoms with Gasteiger partial charge in [0.25, 0.3) is 0 Å². The minimum atomic E-state index is -0.524. The second-order valence-electron chi connectivity index (χ2n) is 6.78. The van der Waals surface area contributed by atoms with Crippen LogP contribution < -0.4 is 5.32 Å². The Balaban J connectivity index is 2.40. The Labute approximate surface area is 151 Å². The van der Waals surface area contributed by atoms with Gasteiger partial charge >= 0.3 is 6.09 Å². The number of ether oxygens (including phenoxy) is 5. The number of amides is 1. The van der Waals surface area contributed by atoms with Gasteiger partial charge in [-0.3, -0.25) is 0 Å². The summed E-state index contributed by atoms with van der Waals surface area (Å²) in [5.74, 6) is 0. The Kier molecular flexibility index (Phi) is 11.8. The van der Waals surface area contributed by atoms with E-state index < -0.39 is 5.60 Å². The lowest BCUT2D eigenvalue weighted by Crippen LogP contribution is -2.86. The Morgan fingerprint density at radius 1 is 0.800 bits per heavy atom. The Morgan fingerprint density at radius 3 is 1.68 bits per heavy atom. The fraction of sp³-hybridized carbons (Fsp3) is 0.941. The molecule has 8 nitrogen and oxygen atoms in total. The van der Waals surface area contributed by atoms with Gasteiger partial charge in [0.05, 0.1) is 65.9 Å². The molecule has 148 valence electrons. The molecule has 0 aliphatic carbocycles. The molecule has 0 bridgehead atoms. The maximum absolute atomic E-state index is 12.3. The van der Waals surface area contributed by atoms with Gasteiger partial charge in [0.2, 0.25) is 0 Å². The second-order valence-corrected chi connectivity index (χ2v) is 6.78. The molecule has 0 aromatic carbocycles.